The zero-order valence-electron chi connectivity index (χ0n) is 10.3. The Morgan fingerprint density at radius 1 is 1.39 bits per heavy atom. The predicted octanol–water partition coefficient (Wildman–Crippen LogP) is 3.55. The Kier molecular flexibility index (Phi) is 4.34. The molecule has 5 heteroatoms. The van der Waals surface area contributed by atoms with Crippen molar-refractivity contribution in [3.05, 3.63) is 36.2 Å². The number of nitrogens with zero attached hydrogens (tertiary/aromatic N) is 3. The standard InChI is InChI=1S/C13H13N3S2/c1-3-17-11-5-4-6-12(10(11)9-14)18-13-15-7-8-16(13)2/h4-8H,3H2,1-2H3. The van der Waals surface area contributed by atoms with Gasteiger partial charge in [0, 0.05) is 29.2 Å². The second kappa shape index (κ2) is 5.98. The first kappa shape index (κ1) is 13.1. The second-order valence-corrected chi connectivity index (χ2v) is 5.91. The van der Waals surface area contributed by atoms with Gasteiger partial charge < -0.3 is 4.57 Å². The molecule has 0 atom stereocenters. The van der Waals surface area contributed by atoms with Crippen LogP contribution in [0.25, 0.3) is 0 Å². The third-order valence-corrected chi connectivity index (χ3v) is 4.45. The Hall–Kier alpha value is -1.38. The Morgan fingerprint density at radius 2 is 2.17 bits per heavy atom. The normalized spacial score (nSPS) is 10.3. The average Bonchev–Trinajstić information content (AvgIpc) is 2.76. The van der Waals surface area contributed by atoms with Crippen LogP contribution in [0, 0.1) is 11.3 Å². The van der Waals surface area contributed by atoms with E-state index in [1.54, 1.807) is 18.0 Å². The van der Waals surface area contributed by atoms with Crippen LogP contribution in [0.4, 0.5) is 0 Å². The van der Waals surface area contributed by atoms with Gasteiger partial charge >= 0.3 is 0 Å². The lowest BCUT2D eigenvalue weighted by Crippen LogP contribution is -1.91. The molecule has 92 valence electrons. The molecule has 1 heterocycles. The van der Waals surface area contributed by atoms with Crippen molar-refractivity contribution in [2.24, 2.45) is 7.05 Å². The number of imidazole rings is 1. The van der Waals surface area contributed by atoms with Crippen molar-refractivity contribution < 1.29 is 0 Å². The molecule has 0 fully saturated rings. The number of aryl methyl sites for hydroxylation is 1. The number of aromatic nitrogens is 2. The molecule has 1 aromatic carbocycles. The Labute approximate surface area is 115 Å². The first-order valence-corrected chi connectivity index (χ1v) is 7.37. The van der Waals surface area contributed by atoms with E-state index < -0.39 is 0 Å². The first-order valence-electron chi connectivity index (χ1n) is 5.57. The maximum atomic E-state index is 9.32. The molecule has 0 aliphatic carbocycles. The van der Waals surface area contributed by atoms with Crippen LogP contribution >= 0.6 is 23.5 Å². The topological polar surface area (TPSA) is 41.6 Å². The summed E-state index contributed by atoms with van der Waals surface area (Å²) >= 11 is 3.22. The van der Waals surface area contributed by atoms with Gasteiger partial charge in [0.05, 0.1) is 5.56 Å². The van der Waals surface area contributed by atoms with Gasteiger partial charge in [0.2, 0.25) is 0 Å². The third-order valence-electron chi connectivity index (χ3n) is 2.38. The number of hydrogen-bond donors (Lipinski definition) is 0. The molecule has 2 rings (SSSR count). The Bertz CT molecular complexity index is 584. The van der Waals surface area contributed by atoms with Crippen molar-refractivity contribution in [3.63, 3.8) is 0 Å². The summed E-state index contributed by atoms with van der Waals surface area (Å²) < 4.78 is 1.95. The van der Waals surface area contributed by atoms with Gasteiger partial charge in [0.1, 0.15) is 6.07 Å². The molecule has 0 saturated carbocycles. The highest BCUT2D eigenvalue weighted by molar-refractivity contribution is 8.00. The minimum Gasteiger partial charge on any atom is -0.329 e. The molecule has 0 unspecified atom stereocenters. The van der Waals surface area contributed by atoms with E-state index in [1.807, 2.05) is 36.0 Å². The van der Waals surface area contributed by atoms with E-state index in [4.69, 9.17) is 0 Å². The van der Waals surface area contributed by atoms with Crippen LogP contribution in [-0.2, 0) is 7.05 Å². The van der Waals surface area contributed by atoms with E-state index in [0.29, 0.717) is 0 Å². The highest BCUT2D eigenvalue weighted by Crippen LogP contribution is 2.33. The molecule has 18 heavy (non-hydrogen) atoms. The van der Waals surface area contributed by atoms with Gasteiger partial charge in [0.15, 0.2) is 5.16 Å². The maximum Gasteiger partial charge on any atom is 0.172 e. The fourth-order valence-electron chi connectivity index (χ4n) is 1.53. The lowest BCUT2D eigenvalue weighted by atomic mass is 10.2. The third kappa shape index (κ3) is 2.71. The molecule has 0 aliphatic heterocycles. The van der Waals surface area contributed by atoms with Crippen molar-refractivity contribution in [2.75, 3.05) is 5.75 Å². The van der Waals surface area contributed by atoms with Gasteiger partial charge in [-0.25, -0.2) is 4.98 Å². The van der Waals surface area contributed by atoms with Gasteiger partial charge in [-0.05, 0) is 17.9 Å². The van der Waals surface area contributed by atoms with E-state index in [0.717, 1.165) is 26.3 Å². The minimum atomic E-state index is 0.748. The van der Waals surface area contributed by atoms with Crippen molar-refractivity contribution in [2.45, 2.75) is 21.9 Å². The van der Waals surface area contributed by atoms with Gasteiger partial charge in [0.25, 0.3) is 0 Å². The summed E-state index contributed by atoms with van der Waals surface area (Å²) in [6.07, 6.45) is 3.66. The van der Waals surface area contributed by atoms with Crippen molar-refractivity contribution in [1.29, 1.82) is 5.26 Å². The van der Waals surface area contributed by atoms with E-state index in [-0.39, 0.29) is 0 Å². The molecule has 0 bridgehead atoms. The Balaban J connectivity index is 2.36. The van der Waals surface area contributed by atoms with Crippen LogP contribution < -0.4 is 0 Å². The van der Waals surface area contributed by atoms with E-state index >= 15 is 0 Å². The van der Waals surface area contributed by atoms with Gasteiger partial charge in [-0.15, -0.1) is 11.8 Å². The minimum absolute atomic E-state index is 0.748. The molecule has 0 spiro atoms. The van der Waals surface area contributed by atoms with Crippen molar-refractivity contribution in [1.82, 2.24) is 9.55 Å². The second-order valence-electron chi connectivity index (χ2n) is 3.60. The molecule has 0 saturated heterocycles. The van der Waals surface area contributed by atoms with Gasteiger partial charge in [-0.2, -0.15) is 5.26 Å². The maximum absolute atomic E-state index is 9.32. The molecular formula is C13H13N3S2. The zero-order chi connectivity index (χ0) is 13.0. The fraction of sp³-hybridized carbons (Fsp3) is 0.231. The van der Waals surface area contributed by atoms with Crippen molar-refractivity contribution >= 4 is 23.5 Å². The molecule has 0 aliphatic rings. The van der Waals surface area contributed by atoms with E-state index in [2.05, 4.69) is 18.0 Å². The van der Waals surface area contributed by atoms with Crippen LogP contribution in [-0.4, -0.2) is 15.3 Å². The number of nitriles is 1. The van der Waals surface area contributed by atoms with Crippen LogP contribution in [0.5, 0.6) is 0 Å². The highest BCUT2D eigenvalue weighted by Gasteiger charge is 2.11. The first-order chi connectivity index (χ1) is 8.76. The van der Waals surface area contributed by atoms with E-state index in [1.165, 1.54) is 11.8 Å². The summed E-state index contributed by atoms with van der Waals surface area (Å²) in [6.45, 7) is 2.09. The largest absolute Gasteiger partial charge is 0.329 e. The lowest BCUT2D eigenvalue weighted by molar-refractivity contribution is 0.790. The van der Waals surface area contributed by atoms with Gasteiger partial charge in [-0.3, -0.25) is 0 Å². The average molecular weight is 275 g/mol. The monoisotopic (exact) mass is 275 g/mol. The molecule has 0 N–H and O–H groups in total. The van der Waals surface area contributed by atoms with Crippen LogP contribution in [0.1, 0.15) is 12.5 Å². The van der Waals surface area contributed by atoms with E-state index in [9.17, 15) is 5.26 Å². The quantitative estimate of drug-likeness (QED) is 0.800. The molecule has 1 aromatic heterocycles. The Morgan fingerprint density at radius 3 is 2.78 bits per heavy atom. The lowest BCUT2D eigenvalue weighted by Gasteiger charge is -2.07. The summed E-state index contributed by atoms with van der Waals surface area (Å²) in [6, 6.07) is 8.26. The molecule has 2 aromatic rings. The summed E-state index contributed by atoms with van der Waals surface area (Å²) in [5.41, 5.74) is 0.748. The predicted molar refractivity (Wildman–Crippen MR) is 74.9 cm³/mol. The molecular weight excluding hydrogens is 262 g/mol. The SMILES string of the molecule is CCSc1cccc(Sc2nccn2C)c1C#N. The molecule has 0 radical (unpaired) electrons. The number of hydrogen-bond acceptors (Lipinski definition) is 4. The summed E-state index contributed by atoms with van der Waals surface area (Å²) in [7, 11) is 1.95. The van der Waals surface area contributed by atoms with Crippen LogP contribution in [0.2, 0.25) is 0 Å². The smallest absolute Gasteiger partial charge is 0.172 e. The summed E-state index contributed by atoms with van der Waals surface area (Å²) in [5.74, 6) is 0.963. The van der Waals surface area contributed by atoms with Crippen molar-refractivity contribution in [3.8, 4) is 6.07 Å². The number of benzene rings is 1. The van der Waals surface area contributed by atoms with Crippen LogP contribution in [0.3, 0.4) is 0 Å². The van der Waals surface area contributed by atoms with Crippen LogP contribution in [0.15, 0.2) is 45.5 Å². The molecule has 0 amide bonds. The molecule has 3 nitrogen and oxygen atoms in total. The number of thioether (sulfide) groups is 1. The summed E-state index contributed by atoms with van der Waals surface area (Å²) in [4.78, 5) is 6.28. The highest BCUT2D eigenvalue weighted by atomic mass is 32.2. The zero-order valence-corrected chi connectivity index (χ0v) is 11.9. The number of rotatable bonds is 4. The summed E-state index contributed by atoms with van der Waals surface area (Å²) in [5, 5.41) is 10.2. The fourth-order valence-corrected chi connectivity index (χ4v) is 3.30. The van der Waals surface area contributed by atoms with Gasteiger partial charge in [-0.1, -0.05) is 24.8 Å².